The number of aromatic nitrogens is 2. The van der Waals surface area contributed by atoms with Crippen LogP contribution in [0, 0.1) is 5.92 Å². The van der Waals surface area contributed by atoms with Crippen LogP contribution < -0.4 is 5.56 Å². The Balaban J connectivity index is 1.91. The molecule has 7 heteroatoms. The summed E-state index contributed by atoms with van der Waals surface area (Å²) >= 11 is 1.38. The first-order chi connectivity index (χ1) is 9.99. The van der Waals surface area contributed by atoms with Crippen LogP contribution >= 0.6 is 11.3 Å². The van der Waals surface area contributed by atoms with Crippen molar-refractivity contribution in [3.63, 3.8) is 0 Å². The van der Waals surface area contributed by atoms with E-state index in [1.807, 2.05) is 14.1 Å². The zero-order valence-corrected chi connectivity index (χ0v) is 13.1. The Labute approximate surface area is 126 Å². The van der Waals surface area contributed by atoms with E-state index in [-0.39, 0.29) is 17.0 Å². The Morgan fingerprint density at radius 3 is 2.86 bits per heavy atom. The monoisotopic (exact) mass is 306 g/mol. The maximum Gasteiger partial charge on any atom is 0.271 e. The SMILES string of the molecule is C[C@H]1CN(C(=O)c2cnc3sccn3c2=O)C[C@@H]1N(C)C. The molecule has 0 N–H and O–H groups in total. The van der Waals surface area contributed by atoms with Crippen molar-refractivity contribution in [2.75, 3.05) is 27.2 Å². The van der Waals surface area contributed by atoms with Crippen LogP contribution in [0.15, 0.2) is 22.6 Å². The van der Waals surface area contributed by atoms with Crippen LogP contribution in [0.1, 0.15) is 17.3 Å². The molecule has 1 amide bonds. The van der Waals surface area contributed by atoms with Gasteiger partial charge in [0.2, 0.25) is 0 Å². The van der Waals surface area contributed by atoms with E-state index in [0.29, 0.717) is 30.0 Å². The summed E-state index contributed by atoms with van der Waals surface area (Å²) < 4.78 is 1.43. The molecule has 1 aliphatic rings. The lowest BCUT2D eigenvalue weighted by Gasteiger charge is -2.22. The Bertz CT molecular complexity index is 736. The number of fused-ring (bicyclic) bond motifs is 1. The molecule has 0 radical (unpaired) electrons. The lowest BCUT2D eigenvalue weighted by Crippen LogP contribution is -2.37. The lowest BCUT2D eigenvalue weighted by atomic mass is 10.1. The topological polar surface area (TPSA) is 57.9 Å². The van der Waals surface area contributed by atoms with Crippen LogP contribution in [0.3, 0.4) is 0 Å². The highest BCUT2D eigenvalue weighted by Gasteiger charge is 2.34. The van der Waals surface area contributed by atoms with Gasteiger partial charge in [0.05, 0.1) is 0 Å². The van der Waals surface area contributed by atoms with E-state index in [1.54, 1.807) is 16.5 Å². The molecule has 3 heterocycles. The van der Waals surface area contributed by atoms with Crippen molar-refractivity contribution in [3.05, 3.63) is 33.7 Å². The highest BCUT2D eigenvalue weighted by Crippen LogP contribution is 2.21. The van der Waals surface area contributed by atoms with Gasteiger partial charge in [-0.05, 0) is 20.0 Å². The highest BCUT2D eigenvalue weighted by atomic mass is 32.1. The van der Waals surface area contributed by atoms with Crippen LogP contribution in [-0.2, 0) is 0 Å². The molecule has 0 unspecified atom stereocenters. The van der Waals surface area contributed by atoms with Crippen molar-refractivity contribution in [2.24, 2.45) is 5.92 Å². The van der Waals surface area contributed by atoms with Gasteiger partial charge in [0.15, 0.2) is 4.96 Å². The van der Waals surface area contributed by atoms with Crippen molar-refractivity contribution in [2.45, 2.75) is 13.0 Å². The van der Waals surface area contributed by atoms with Gasteiger partial charge in [0.1, 0.15) is 5.56 Å². The fraction of sp³-hybridized carbons (Fsp3) is 0.500. The number of amides is 1. The van der Waals surface area contributed by atoms with Gasteiger partial charge < -0.3 is 9.80 Å². The van der Waals surface area contributed by atoms with Gasteiger partial charge in [-0.15, -0.1) is 11.3 Å². The third-order valence-corrected chi connectivity index (χ3v) is 4.87. The summed E-state index contributed by atoms with van der Waals surface area (Å²) in [6.45, 7) is 3.46. The molecule has 2 atom stereocenters. The molecule has 0 spiro atoms. The molecule has 21 heavy (non-hydrogen) atoms. The maximum absolute atomic E-state index is 12.6. The highest BCUT2D eigenvalue weighted by molar-refractivity contribution is 7.15. The zero-order chi connectivity index (χ0) is 15.1. The summed E-state index contributed by atoms with van der Waals surface area (Å²) in [6.07, 6.45) is 3.06. The molecular formula is C14H18N4O2S. The van der Waals surface area contributed by atoms with E-state index in [9.17, 15) is 9.59 Å². The third kappa shape index (κ3) is 2.36. The second-order valence-electron chi connectivity index (χ2n) is 5.75. The van der Waals surface area contributed by atoms with Gasteiger partial charge in [0.25, 0.3) is 11.5 Å². The van der Waals surface area contributed by atoms with E-state index in [0.717, 1.165) is 0 Å². The summed E-state index contributed by atoms with van der Waals surface area (Å²) in [5.41, 5.74) is -0.135. The fourth-order valence-electron chi connectivity index (χ4n) is 2.93. The molecule has 2 aromatic heterocycles. The molecule has 1 aliphatic heterocycles. The molecule has 6 nitrogen and oxygen atoms in total. The minimum Gasteiger partial charge on any atom is -0.337 e. The molecular weight excluding hydrogens is 288 g/mol. The van der Waals surface area contributed by atoms with Crippen molar-refractivity contribution in [1.82, 2.24) is 19.2 Å². The van der Waals surface area contributed by atoms with Gasteiger partial charge in [0, 0.05) is 36.9 Å². The molecule has 2 aromatic rings. The average molecular weight is 306 g/mol. The molecule has 0 aromatic carbocycles. The van der Waals surface area contributed by atoms with Crippen molar-refractivity contribution >= 4 is 22.2 Å². The molecule has 3 rings (SSSR count). The number of hydrogen-bond acceptors (Lipinski definition) is 5. The molecule has 1 saturated heterocycles. The third-order valence-electron chi connectivity index (χ3n) is 4.10. The first-order valence-electron chi connectivity index (χ1n) is 6.89. The number of likely N-dealkylation sites (N-methyl/N-ethyl adjacent to an activating group) is 1. The van der Waals surface area contributed by atoms with Crippen molar-refractivity contribution < 1.29 is 4.79 Å². The van der Waals surface area contributed by atoms with E-state index in [4.69, 9.17) is 0 Å². The Morgan fingerprint density at radius 2 is 2.19 bits per heavy atom. The molecule has 0 saturated carbocycles. The van der Waals surface area contributed by atoms with Gasteiger partial charge in [-0.25, -0.2) is 4.98 Å². The van der Waals surface area contributed by atoms with Gasteiger partial charge in [-0.3, -0.25) is 14.0 Å². The second kappa shape index (κ2) is 5.23. The lowest BCUT2D eigenvalue weighted by molar-refractivity contribution is 0.0779. The van der Waals surface area contributed by atoms with E-state index < -0.39 is 0 Å². The quantitative estimate of drug-likeness (QED) is 0.823. The van der Waals surface area contributed by atoms with Gasteiger partial charge in [-0.1, -0.05) is 6.92 Å². The van der Waals surface area contributed by atoms with Crippen LogP contribution in [0.5, 0.6) is 0 Å². The largest absolute Gasteiger partial charge is 0.337 e. The normalized spacial score (nSPS) is 22.4. The van der Waals surface area contributed by atoms with Crippen LogP contribution in [0.2, 0.25) is 0 Å². The summed E-state index contributed by atoms with van der Waals surface area (Å²) in [5, 5.41) is 1.79. The van der Waals surface area contributed by atoms with Gasteiger partial charge >= 0.3 is 0 Å². The predicted octanol–water partition coefficient (Wildman–Crippen LogP) is 0.778. The van der Waals surface area contributed by atoms with Crippen molar-refractivity contribution in [3.8, 4) is 0 Å². The maximum atomic E-state index is 12.6. The molecule has 112 valence electrons. The van der Waals surface area contributed by atoms with Crippen LogP contribution in [0.4, 0.5) is 0 Å². The number of carbonyl (C=O) groups is 1. The summed E-state index contributed by atoms with van der Waals surface area (Å²) in [6, 6.07) is 0.328. The summed E-state index contributed by atoms with van der Waals surface area (Å²) in [5.74, 6) is 0.175. The second-order valence-corrected chi connectivity index (χ2v) is 6.62. The fourth-order valence-corrected chi connectivity index (χ4v) is 3.60. The number of rotatable bonds is 2. The van der Waals surface area contributed by atoms with E-state index in [1.165, 1.54) is 21.9 Å². The first kappa shape index (κ1) is 14.2. The summed E-state index contributed by atoms with van der Waals surface area (Å²) in [7, 11) is 4.03. The first-order valence-corrected chi connectivity index (χ1v) is 7.77. The molecule has 0 aliphatic carbocycles. The summed E-state index contributed by atoms with van der Waals surface area (Å²) in [4.78, 5) is 33.6. The standard InChI is InChI=1S/C14H18N4O2S/c1-9-7-17(8-11(9)16(2)3)12(19)10-6-15-14-18(13(10)20)4-5-21-14/h4-6,9,11H,7-8H2,1-3H3/t9-,11-/m0/s1. The number of likely N-dealkylation sites (tertiary alicyclic amines) is 1. The number of thiazole rings is 1. The molecule has 1 fully saturated rings. The minimum atomic E-state index is -0.285. The minimum absolute atomic E-state index is 0.150. The van der Waals surface area contributed by atoms with Crippen molar-refractivity contribution in [1.29, 1.82) is 0 Å². The number of nitrogens with zero attached hydrogens (tertiary/aromatic N) is 4. The van der Waals surface area contributed by atoms with Crippen LogP contribution in [-0.4, -0.2) is 58.3 Å². The average Bonchev–Trinajstić information content (AvgIpc) is 3.05. The number of hydrogen-bond donors (Lipinski definition) is 0. The predicted molar refractivity (Wildman–Crippen MR) is 81.9 cm³/mol. The smallest absolute Gasteiger partial charge is 0.271 e. The Morgan fingerprint density at radius 1 is 1.43 bits per heavy atom. The van der Waals surface area contributed by atoms with Gasteiger partial charge in [-0.2, -0.15) is 0 Å². The Kier molecular flexibility index (Phi) is 3.54. The number of carbonyl (C=O) groups excluding carboxylic acids is 1. The molecule has 0 bridgehead atoms. The zero-order valence-electron chi connectivity index (χ0n) is 12.3. The van der Waals surface area contributed by atoms with E-state index in [2.05, 4.69) is 16.8 Å². The Hall–Kier alpha value is -1.73. The van der Waals surface area contributed by atoms with Crippen LogP contribution in [0.25, 0.3) is 4.96 Å². The van der Waals surface area contributed by atoms with E-state index >= 15 is 0 Å².